The predicted octanol–water partition coefficient (Wildman–Crippen LogP) is 3.51. The number of carbonyl (C=O) groups excluding carboxylic acids is 1. The van der Waals surface area contributed by atoms with E-state index in [0.717, 1.165) is 12.1 Å². The zero-order chi connectivity index (χ0) is 17.1. The standard InChI is InChI=1S/C14H16ClF4NO2/c1-3-20(4-2)12(22)13(16,14(17,18)19)11(21)9-5-7-10(15)8-6-9/h5-8,11,21H,3-4H2,1-2H3/t11-,13-/m1/s1. The van der Waals surface area contributed by atoms with Gasteiger partial charge in [-0.2, -0.15) is 13.2 Å². The molecule has 0 spiro atoms. The summed E-state index contributed by atoms with van der Waals surface area (Å²) in [7, 11) is 0. The molecular formula is C14H16ClF4NO2. The van der Waals surface area contributed by atoms with Gasteiger partial charge in [-0.25, -0.2) is 4.39 Å². The van der Waals surface area contributed by atoms with Gasteiger partial charge in [0.25, 0.3) is 5.91 Å². The normalized spacial score (nSPS) is 16.0. The van der Waals surface area contributed by atoms with Crippen molar-refractivity contribution in [1.29, 1.82) is 0 Å². The van der Waals surface area contributed by atoms with Gasteiger partial charge in [-0.15, -0.1) is 0 Å². The zero-order valence-corrected chi connectivity index (χ0v) is 12.7. The first-order valence-electron chi connectivity index (χ1n) is 6.58. The van der Waals surface area contributed by atoms with E-state index >= 15 is 0 Å². The Kier molecular flexibility index (Phi) is 5.81. The smallest absolute Gasteiger partial charge is 0.384 e. The van der Waals surface area contributed by atoms with Crippen LogP contribution in [0.5, 0.6) is 0 Å². The number of alkyl halides is 4. The van der Waals surface area contributed by atoms with Crippen molar-refractivity contribution >= 4 is 17.5 Å². The summed E-state index contributed by atoms with van der Waals surface area (Å²) in [6, 6.07) is 4.50. The van der Waals surface area contributed by atoms with E-state index < -0.39 is 23.9 Å². The maximum Gasteiger partial charge on any atom is 0.434 e. The average Bonchev–Trinajstić information content (AvgIpc) is 2.46. The molecule has 0 heterocycles. The third-order valence-corrected chi connectivity index (χ3v) is 3.59. The van der Waals surface area contributed by atoms with E-state index in [1.54, 1.807) is 0 Å². The molecule has 124 valence electrons. The fraction of sp³-hybridized carbons (Fsp3) is 0.500. The van der Waals surface area contributed by atoms with E-state index in [1.165, 1.54) is 26.0 Å². The van der Waals surface area contributed by atoms with E-state index in [1.807, 2.05) is 0 Å². The van der Waals surface area contributed by atoms with Crippen LogP contribution in [0.1, 0.15) is 25.5 Å². The first-order chi connectivity index (χ1) is 10.1. The molecule has 0 aliphatic rings. The SMILES string of the molecule is CCN(CC)C(=O)[C@](F)([C@H](O)c1ccc(Cl)cc1)C(F)(F)F. The zero-order valence-electron chi connectivity index (χ0n) is 12.0. The Bertz CT molecular complexity index is 517. The molecule has 0 aliphatic carbocycles. The Hall–Kier alpha value is -1.34. The number of hydrogen-bond donors (Lipinski definition) is 1. The molecule has 2 atom stereocenters. The van der Waals surface area contributed by atoms with Crippen LogP contribution in [0.15, 0.2) is 24.3 Å². The van der Waals surface area contributed by atoms with Gasteiger partial charge in [0.2, 0.25) is 0 Å². The molecule has 0 radical (unpaired) electrons. The molecule has 1 rings (SSSR count). The molecule has 22 heavy (non-hydrogen) atoms. The fourth-order valence-corrected chi connectivity index (χ4v) is 2.13. The van der Waals surface area contributed by atoms with Crippen molar-refractivity contribution in [3.8, 4) is 0 Å². The lowest BCUT2D eigenvalue weighted by molar-refractivity contribution is -0.257. The molecule has 0 unspecified atom stereocenters. The van der Waals surface area contributed by atoms with Crippen molar-refractivity contribution in [3.05, 3.63) is 34.9 Å². The number of amides is 1. The maximum absolute atomic E-state index is 14.7. The minimum Gasteiger partial charge on any atom is -0.384 e. The molecule has 1 aromatic carbocycles. The highest BCUT2D eigenvalue weighted by Crippen LogP contribution is 2.44. The quantitative estimate of drug-likeness (QED) is 0.833. The summed E-state index contributed by atoms with van der Waals surface area (Å²) in [5.74, 6) is -1.81. The van der Waals surface area contributed by atoms with Crippen molar-refractivity contribution in [2.45, 2.75) is 31.8 Å². The molecule has 1 N–H and O–H groups in total. The summed E-state index contributed by atoms with van der Waals surface area (Å²) in [6.07, 6.45) is -8.25. The second-order valence-electron chi connectivity index (χ2n) is 4.64. The molecule has 3 nitrogen and oxygen atoms in total. The van der Waals surface area contributed by atoms with Gasteiger partial charge >= 0.3 is 11.8 Å². The summed E-state index contributed by atoms with van der Waals surface area (Å²) in [5, 5.41) is 10.1. The lowest BCUT2D eigenvalue weighted by Crippen LogP contribution is -2.58. The molecule has 0 aromatic heterocycles. The van der Waals surface area contributed by atoms with Crippen LogP contribution < -0.4 is 0 Å². The number of halogens is 5. The number of carbonyl (C=O) groups is 1. The van der Waals surface area contributed by atoms with Gasteiger partial charge in [-0.1, -0.05) is 23.7 Å². The van der Waals surface area contributed by atoms with Crippen molar-refractivity contribution in [2.75, 3.05) is 13.1 Å². The van der Waals surface area contributed by atoms with E-state index in [-0.39, 0.29) is 23.7 Å². The van der Waals surface area contributed by atoms with E-state index in [2.05, 4.69) is 0 Å². The second-order valence-corrected chi connectivity index (χ2v) is 5.08. The lowest BCUT2D eigenvalue weighted by Gasteiger charge is -2.35. The number of aliphatic hydroxyl groups excluding tert-OH is 1. The van der Waals surface area contributed by atoms with Gasteiger partial charge < -0.3 is 10.0 Å². The number of aliphatic hydroxyl groups is 1. The monoisotopic (exact) mass is 341 g/mol. The number of rotatable bonds is 5. The van der Waals surface area contributed by atoms with Crippen LogP contribution in [0.4, 0.5) is 17.6 Å². The van der Waals surface area contributed by atoms with E-state index in [4.69, 9.17) is 11.6 Å². The van der Waals surface area contributed by atoms with Crippen molar-refractivity contribution in [3.63, 3.8) is 0 Å². The highest BCUT2D eigenvalue weighted by atomic mass is 35.5. The van der Waals surface area contributed by atoms with Crippen LogP contribution in [-0.4, -0.2) is 40.8 Å². The first kappa shape index (κ1) is 18.7. The summed E-state index contributed by atoms with van der Waals surface area (Å²) < 4.78 is 54.3. The molecule has 0 saturated heterocycles. The minimum atomic E-state index is -5.56. The van der Waals surface area contributed by atoms with Gasteiger partial charge in [-0.05, 0) is 31.5 Å². The van der Waals surface area contributed by atoms with E-state index in [9.17, 15) is 27.5 Å². The van der Waals surface area contributed by atoms with Crippen molar-refractivity contribution in [2.24, 2.45) is 0 Å². The molecule has 1 amide bonds. The molecule has 0 saturated carbocycles. The van der Waals surface area contributed by atoms with Gasteiger partial charge in [0.1, 0.15) is 6.10 Å². The highest BCUT2D eigenvalue weighted by Gasteiger charge is 2.67. The summed E-state index contributed by atoms with van der Waals surface area (Å²) in [4.78, 5) is 12.7. The van der Waals surface area contributed by atoms with Crippen LogP contribution >= 0.6 is 11.6 Å². The topological polar surface area (TPSA) is 40.5 Å². The Morgan fingerprint density at radius 3 is 2.00 bits per heavy atom. The fourth-order valence-electron chi connectivity index (χ4n) is 2.01. The van der Waals surface area contributed by atoms with Gasteiger partial charge in [-0.3, -0.25) is 4.79 Å². The maximum atomic E-state index is 14.7. The third-order valence-electron chi connectivity index (χ3n) is 3.34. The predicted molar refractivity (Wildman–Crippen MR) is 74.2 cm³/mol. The number of hydrogen-bond acceptors (Lipinski definition) is 2. The van der Waals surface area contributed by atoms with Crippen LogP contribution in [0.3, 0.4) is 0 Å². The van der Waals surface area contributed by atoms with Crippen LogP contribution in [-0.2, 0) is 4.79 Å². The number of benzene rings is 1. The molecule has 0 bridgehead atoms. The molecule has 1 aromatic rings. The highest BCUT2D eigenvalue weighted by molar-refractivity contribution is 6.30. The average molecular weight is 342 g/mol. The van der Waals surface area contributed by atoms with Crippen LogP contribution in [0, 0.1) is 0 Å². The van der Waals surface area contributed by atoms with Crippen molar-refractivity contribution in [1.82, 2.24) is 4.90 Å². The third kappa shape index (κ3) is 3.35. The molecule has 0 aliphatic heterocycles. The Morgan fingerprint density at radius 1 is 1.18 bits per heavy atom. The molecular weight excluding hydrogens is 326 g/mol. The van der Waals surface area contributed by atoms with Crippen LogP contribution in [0.25, 0.3) is 0 Å². The molecule has 8 heteroatoms. The van der Waals surface area contributed by atoms with E-state index in [0.29, 0.717) is 4.90 Å². The van der Waals surface area contributed by atoms with Gasteiger partial charge in [0.05, 0.1) is 0 Å². The first-order valence-corrected chi connectivity index (χ1v) is 6.95. The second kappa shape index (κ2) is 6.83. The minimum absolute atomic E-state index is 0.107. The summed E-state index contributed by atoms with van der Waals surface area (Å²) >= 11 is 5.61. The molecule has 0 fully saturated rings. The Labute approximate surface area is 130 Å². The Balaban J connectivity index is 3.33. The lowest BCUT2D eigenvalue weighted by atomic mass is 9.90. The van der Waals surface area contributed by atoms with Gasteiger partial charge in [0, 0.05) is 18.1 Å². The van der Waals surface area contributed by atoms with Crippen molar-refractivity contribution < 1.29 is 27.5 Å². The Morgan fingerprint density at radius 2 is 1.64 bits per heavy atom. The summed E-state index contributed by atoms with van der Waals surface area (Å²) in [6.45, 7) is 2.63. The van der Waals surface area contributed by atoms with Gasteiger partial charge in [0.15, 0.2) is 0 Å². The summed E-state index contributed by atoms with van der Waals surface area (Å²) in [5.41, 5.74) is -4.81. The number of nitrogens with zero attached hydrogens (tertiary/aromatic N) is 1. The largest absolute Gasteiger partial charge is 0.434 e. The van der Waals surface area contributed by atoms with Crippen LogP contribution in [0.2, 0.25) is 5.02 Å².